The van der Waals surface area contributed by atoms with Crippen LogP contribution in [-0.2, 0) is 42.9 Å². The fourth-order valence-electron chi connectivity index (χ4n) is 2.93. The molecule has 0 aliphatic carbocycles. The minimum absolute atomic E-state index is 0.315. The number of rotatable bonds is 7. The van der Waals surface area contributed by atoms with Crippen molar-refractivity contribution in [2.45, 2.75) is 58.4 Å². The van der Waals surface area contributed by atoms with Crippen LogP contribution in [0.25, 0.3) is 0 Å². The molecule has 170 valence electrons. The van der Waals surface area contributed by atoms with Crippen LogP contribution >= 0.6 is 22.6 Å². The standard InChI is InChI=1S/C20H23IO10/c1-10(22)26-9-16-17(27-11(2)23)18(28-12(3)24)19(29-13(4)25)20(31-16)30-15-7-5-14(21)6-8-15/h5-8,16-20H,9H2,1-4H3/t16?,17-,18?,19-,20+/m0/s1. The normalized spacial score (nSPS) is 25.1. The highest BCUT2D eigenvalue weighted by Gasteiger charge is 2.53. The molecule has 0 radical (unpaired) electrons. The predicted molar refractivity (Wildman–Crippen MR) is 112 cm³/mol. The predicted octanol–water partition coefficient (Wildman–Crippen LogP) is 1.75. The van der Waals surface area contributed by atoms with Crippen molar-refractivity contribution in [1.82, 2.24) is 0 Å². The first-order chi connectivity index (χ1) is 14.6. The maximum atomic E-state index is 11.8. The van der Waals surface area contributed by atoms with Crippen molar-refractivity contribution in [2.75, 3.05) is 6.61 Å². The zero-order chi connectivity index (χ0) is 23.1. The van der Waals surface area contributed by atoms with E-state index in [2.05, 4.69) is 22.6 Å². The molecule has 1 aromatic carbocycles. The third-order valence-electron chi connectivity index (χ3n) is 4.01. The monoisotopic (exact) mass is 550 g/mol. The van der Waals surface area contributed by atoms with Crippen molar-refractivity contribution in [3.05, 3.63) is 27.8 Å². The summed E-state index contributed by atoms with van der Waals surface area (Å²) < 4.78 is 33.7. The zero-order valence-corrected chi connectivity index (χ0v) is 19.5. The average molecular weight is 550 g/mol. The molecule has 0 spiro atoms. The molecule has 0 aromatic heterocycles. The largest absolute Gasteiger partial charge is 0.463 e. The Kier molecular flexibility index (Phi) is 9.04. The number of hydrogen-bond donors (Lipinski definition) is 0. The van der Waals surface area contributed by atoms with Crippen LogP contribution in [0.1, 0.15) is 27.7 Å². The van der Waals surface area contributed by atoms with Crippen LogP contribution in [0.2, 0.25) is 0 Å². The van der Waals surface area contributed by atoms with Crippen molar-refractivity contribution < 1.29 is 47.6 Å². The van der Waals surface area contributed by atoms with Gasteiger partial charge in [-0.3, -0.25) is 19.2 Å². The van der Waals surface area contributed by atoms with Crippen LogP contribution in [0.3, 0.4) is 0 Å². The van der Waals surface area contributed by atoms with E-state index in [-0.39, 0.29) is 6.61 Å². The van der Waals surface area contributed by atoms with E-state index in [9.17, 15) is 19.2 Å². The average Bonchev–Trinajstić information content (AvgIpc) is 2.65. The zero-order valence-electron chi connectivity index (χ0n) is 17.4. The maximum absolute atomic E-state index is 11.8. The summed E-state index contributed by atoms with van der Waals surface area (Å²) in [6.45, 7) is 4.36. The second-order valence-electron chi connectivity index (χ2n) is 6.64. The van der Waals surface area contributed by atoms with E-state index in [1.807, 2.05) is 0 Å². The molecule has 0 N–H and O–H groups in total. The summed E-state index contributed by atoms with van der Waals surface area (Å²) in [4.78, 5) is 46.5. The highest BCUT2D eigenvalue weighted by Crippen LogP contribution is 2.31. The first-order valence-electron chi connectivity index (χ1n) is 9.29. The molecule has 1 aliphatic heterocycles. The van der Waals surface area contributed by atoms with Gasteiger partial charge >= 0.3 is 23.9 Å². The van der Waals surface area contributed by atoms with Gasteiger partial charge in [0.05, 0.1) is 0 Å². The number of carbonyl (C=O) groups is 4. The van der Waals surface area contributed by atoms with Gasteiger partial charge in [-0.25, -0.2) is 0 Å². The van der Waals surface area contributed by atoms with Crippen molar-refractivity contribution in [1.29, 1.82) is 0 Å². The summed E-state index contributed by atoms with van der Waals surface area (Å²) in [6, 6.07) is 6.94. The quantitative estimate of drug-likeness (QED) is 0.282. The van der Waals surface area contributed by atoms with Crippen molar-refractivity contribution in [3.63, 3.8) is 0 Å². The van der Waals surface area contributed by atoms with Crippen molar-refractivity contribution in [3.8, 4) is 5.75 Å². The van der Waals surface area contributed by atoms with Gasteiger partial charge in [0, 0.05) is 31.3 Å². The molecule has 0 bridgehead atoms. The van der Waals surface area contributed by atoms with Gasteiger partial charge in [0.1, 0.15) is 18.5 Å². The maximum Gasteiger partial charge on any atom is 0.303 e. The fourth-order valence-corrected chi connectivity index (χ4v) is 3.29. The molecule has 1 aromatic rings. The highest BCUT2D eigenvalue weighted by molar-refractivity contribution is 14.1. The highest BCUT2D eigenvalue weighted by atomic mass is 127. The molecule has 11 heteroatoms. The van der Waals surface area contributed by atoms with Crippen LogP contribution < -0.4 is 4.74 Å². The number of benzene rings is 1. The van der Waals surface area contributed by atoms with Crippen LogP contribution in [-0.4, -0.2) is 61.2 Å². The number of carbonyl (C=O) groups excluding carboxylic acids is 4. The summed E-state index contributed by atoms with van der Waals surface area (Å²) in [6.07, 6.45) is -6.06. The lowest BCUT2D eigenvalue weighted by molar-refractivity contribution is -0.288. The molecule has 0 amide bonds. The van der Waals surface area contributed by atoms with Crippen LogP contribution in [0, 0.1) is 3.57 Å². The van der Waals surface area contributed by atoms with E-state index in [0.717, 1.165) is 17.4 Å². The SMILES string of the molecule is CC(=O)OCC1O[C@@H](Oc2ccc(I)cc2)[C@@H](OC(C)=O)C(OC(C)=O)[C@H]1OC(C)=O. The van der Waals surface area contributed by atoms with Gasteiger partial charge in [0.2, 0.25) is 12.4 Å². The van der Waals surface area contributed by atoms with E-state index in [0.29, 0.717) is 5.75 Å². The second-order valence-corrected chi connectivity index (χ2v) is 7.89. The fraction of sp³-hybridized carbons (Fsp3) is 0.500. The van der Waals surface area contributed by atoms with Gasteiger partial charge in [0.25, 0.3) is 0 Å². The Hall–Kier alpha value is -2.41. The van der Waals surface area contributed by atoms with Gasteiger partial charge in [-0.05, 0) is 46.9 Å². The Morgan fingerprint density at radius 2 is 1.32 bits per heavy atom. The van der Waals surface area contributed by atoms with Gasteiger partial charge in [-0.2, -0.15) is 0 Å². The number of ether oxygens (including phenoxy) is 6. The van der Waals surface area contributed by atoms with Gasteiger partial charge < -0.3 is 28.4 Å². The number of esters is 4. The molecule has 2 unspecified atom stereocenters. The first-order valence-corrected chi connectivity index (χ1v) is 10.4. The Morgan fingerprint density at radius 1 is 0.806 bits per heavy atom. The summed E-state index contributed by atoms with van der Waals surface area (Å²) in [5.74, 6) is -2.30. The molecule has 0 saturated carbocycles. The lowest BCUT2D eigenvalue weighted by Gasteiger charge is -2.43. The third-order valence-corrected chi connectivity index (χ3v) is 4.73. The summed E-state index contributed by atoms with van der Waals surface area (Å²) in [5.41, 5.74) is 0. The molecule has 1 aliphatic rings. The molecule has 5 atom stereocenters. The minimum Gasteiger partial charge on any atom is -0.463 e. The summed E-state index contributed by atoms with van der Waals surface area (Å²) >= 11 is 2.13. The third kappa shape index (κ3) is 7.65. The van der Waals surface area contributed by atoms with Crippen molar-refractivity contribution in [2.24, 2.45) is 0 Å². The topological polar surface area (TPSA) is 124 Å². The smallest absolute Gasteiger partial charge is 0.303 e. The molecular formula is C20H23IO10. The molecule has 2 rings (SSSR count). The Labute approximate surface area is 192 Å². The summed E-state index contributed by atoms with van der Waals surface area (Å²) in [5, 5.41) is 0. The number of halogens is 1. The molecule has 1 fully saturated rings. The minimum atomic E-state index is -1.27. The lowest BCUT2D eigenvalue weighted by atomic mass is 9.98. The lowest BCUT2D eigenvalue weighted by Crippen LogP contribution is -2.63. The second kappa shape index (κ2) is 11.3. The van der Waals surface area contributed by atoms with Gasteiger partial charge in [-0.1, -0.05) is 0 Å². The Bertz CT molecular complexity index is 809. The molecule has 10 nitrogen and oxygen atoms in total. The first kappa shape index (κ1) is 24.9. The number of hydrogen-bond acceptors (Lipinski definition) is 10. The molecule has 1 saturated heterocycles. The van der Waals surface area contributed by atoms with E-state index in [1.165, 1.54) is 13.8 Å². The van der Waals surface area contributed by atoms with E-state index < -0.39 is 54.6 Å². The summed E-state index contributed by atoms with van der Waals surface area (Å²) in [7, 11) is 0. The van der Waals surface area contributed by atoms with E-state index in [4.69, 9.17) is 28.4 Å². The van der Waals surface area contributed by atoms with Crippen molar-refractivity contribution >= 4 is 46.5 Å². The van der Waals surface area contributed by atoms with Crippen LogP contribution in [0.4, 0.5) is 0 Å². The van der Waals surface area contributed by atoms with Gasteiger partial charge in [0.15, 0.2) is 12.2 Å². The van der Waals surface area contributed by atoms with Crippen LogP contribution in [0.15, 0.2) is 24.3 Å². The Morgan fingerprint density at radius 3 is 1.84 bits per heavy atom. The van der Waals surface area contributed by atoms with Crippen LogP contribution in [0.5, 0.6) is 5.75 Å². The Balaban J connectivity index is 2.43. The van der Waals surface area contributed by atoms with E-state index in [1.54, 1.807) is 24.3 Å². The van der Waals surface area contributed by atoms with E-state index >= 15 is 0 Å². The molecule has 31 heavy (non-hydrogen) atoms. The molecular weight excluding hydrogens is 527 g/mol. The molecule has 1 heterocycles. The van der Waals surface area contributed by atoms with Gasteiger partial charge in [-0.15, -0.1) is 0 Å².